The van der Waals surface area contributed by atoms with E-state index in [2.05, 4.69) is 11.4 Å². The minimum atomic E-state index is -0.580. The monoisotopic (exact) mass is 305 g/mol. The molecular formula is C19H19N3O. The lowest BCUT2D eigenvalue weighted by molar-refractivity contribution is 0.132. The van der Waals surface area contributed by atoms with Crippen LogP contribution in [0.15, 0.2) is 60.8 Å². The van der Waals surface area contributed by atoms with Crippen LogP contribution in [0.4, 0.5) is 0 Å². The lowest BCUT2D eigenvalue weighted by Crippen LogP contribution is -2.33. The number of likely N-dealkylation sites (N-methyl/N-ethyl adjacent to an activating group) is 1. The Kier molecular flexibility index (Phi) is 4.42. The summed E-state index contributed by atoms with van der Waals surface area (Å²) in [5, 5.41) is 23.9. The molecule has 1 aromatic heterocycles. The molecule has 0 saturated heterocycles. The number of hydrogen-bond acceptors (Lipinski definition) is 3. The molecule has 3 rings (SSSR count). The Balaban J connectivity index is 2.16. The Morgan fingerprint density at radius 1 is 1.13 bits per heavy atom. The first-order valence-corrected chi connectivity index (χ1v) is 7.63. The molecule has 2 unspecified atom stereocenters. The number of rotatable bonds is 5. The summed E-state index contributed by atoms with van der Waals surface area (Å²) < 4.78 is 2.05. The van der Waals surface area contributed by atoms with Gasteiger partial charge in [-0.25, -0.2) is 0 Å². The van der Waals surface area contributed by atoms with Gasteiger partial charge >= 0.3 is 0 Å². The number of aliphatic hydroxyl groups excluding tert-OH is 1. The summed E-state index contributed by atoms with van der Waals surface area (Å²) in [6.07, 6.45) is 1.37. The summed E-state index contributed by atoms with van der Waals surface area (Å²) in [4.78, 5) is 0. The first-order chi connectivity index (χ1) is 11.3. The molecule has 0 aliphatic rings. The number of benzene rings is 2. The van der Waals surface area contributed by atoms with Gasteiger partial charge in [-0.15, -0.1) is 0 Å². The number of aromatic nitrogens is 1. The van der Waals surface area contributed by atoms with Crippen molar-refractivity contribution in [3.05, 3.63) is 71.9 Å². The van der Waals surface area contributed by atoms with Crippen molar-refractivity contribution in [2.45, 2.75) is 12.1 Å². The molecule has 2 aromatic carbocycles. The van der Waals surface area contributed by atoms with Crippen molar-refractivity contribution >= 4 is 10.9 Å². The molecule has 0 radical (unpaired) electrons. The number of fused-ring (bicyclic) bond motifs is 1. The topological polar surface area (TPSA) is 61.0 Å². The Morgan fingerprint density at radius 3 is 2.61 bits per heavy atom. The van der Waals surface area contributed by atoms with Gasteiger partial charge in [0.1, 0.15) is 0 Å². The quantitative estimate of drug-likeness (QED) is 0.762. The molecule has 0 amide bonds. The van der Waals surface area contributed by atoms with E-state index in [0.717, 1.165) is 16.5 Å². The first-order valence-electron chi connectivity index (χ1n) is 7.63. The van der Waals surface area contributed by atoms with Crippen LogP contribution < -0.4 is 5.32 Å². The molecule has 0 bridgehead atoms. The van der Waals surface area contributed by atoms with Crippen molar-refractivity contribution in [2.24, 2.45) is 0 Å². The minimum absolute atomic E-state index is 0.213. The Labute approximate surface area is 135 Å². The third-order valence-electron chi connectivity index (χ3n) is 4.10. The maximum absolute atomic E-state index is 10.7. The van der Waals surface area contributed by atoms with Crippen LogP contribution in [0, 0.1) is 11.3 Å². The SMILES string of the molecule is CNCC(O)C(c1ccccc1)n1ccc2c(C#N)cccc21. The van der Waals surface area contributed by atoms with Gasteiger partial charge in [0.2, 0.25) is 0 Å². The summed E-state index contributed by atoms with van der Waals surface area (Å²) in [5.41, 5.74) is 2.64. The molecule has 3 aromatic rings. The van der Waals surface area contributed by atoms with Gasteiger partial charge in [-0.2, -0.15) is 5.26 Å². The molecule has 23 heavy (non-hydrogen) atoms. The number of aliphatic hydroxyl groups is 1. The number of nitrogens with zero attached hydrogens (tertiary/aromatic N) is 2. The van der Waals surface area contributed by atoms with Gasteiger partial charge in [0.25, 0.3) is 0 Å². The number of nitriles is 1. The first kappa shape index (κ1) is 15.3. The van der Waals surface area contributed by atoms with Crippen LogP contribution >= 0.6 is 0 Å². The van der Waals surface area contributed by atoms with Gasteiger partial charge in [0.05, 0.1) is 23.8 Å². The molecule has 0 saturated carbocycles. The van der Waals surface area contributed by atoms with Crippen LogP contribution in [0.2, 0.25) is 0 Å². The van der Waals surface area contributed by atoms with E-state index in [0.29, 0.717) is 12.1 Å². The molecule has 0 spiro atoms. The van der Waals surface area contributed by atoms with Crippen LogP contribution in [0.3, 0.4) is 0 Å². The standard InChI is InChI=1S/C19H19N3O/c1-21-13-18(23)19(14-6-3-2-4-7-14)22-11-10-16-15(12-20)8-5-9-17(16)22/h2-11,18-19,21,23H,13H2,1H3. The molecule has 2 N–H and O–H groups in total. The predicted molar refractivity (Wildman–Crippen MR) is 91.2 cm³/mol. The van der Waals surface area contributed by atoms with Gasteiger partial charge in [0, 0.05) is 23.6 Å². The maximum atomic E-state index is 10.7. The second-order valence-electron chi connectivity index (χ2n) is 5.55. The van der Waals surface area contributed by atoms with E-state index in [1.807, 2.05) is 72.4 Å². The van der Waals surface area contributed by atoms with Gasteiger partial charge in [-0.3, -0.25) is 0 Å². The van der Waals surface area contributed by atoms with Crippen molar-refractivity contribution in [1.29, 1.82) is 5.26 Å². The highest BCUT2D eigenvalue weighted by atomic mass is 16.3. The second kappa shape index (κ2) is 6.66. The van der Waals surface area contributed by atoms with E-state index >= 15 is 0 Å². The minimum Gasteiger partial charge on any atom is -0.389 e. The van der Waals surface area contributed by atoms with E-state index in [4.69, 9.17) is 0 Å². The van der Waals surface area contributed by atoms with Gasteiger partial charge in [0.15, 0.2) is 0 Å². The lowest BCUT2D eigenvalue weighted by atomic mass is 10.0. The van der Waals surface area contributed by atoms with Gasteiger partial charge in [-0.1, -0.05) is 36.4 Å². The lowest BCUT2D eigenvalue weighted by Gasteiger charge is -2.26. The van der Waals surface area contributed by atoms with E-state index in [9.17, 15) is 10.4 Å². The van der Waals surface area contributed by atoms with Gasteiger partial charge < -0.3 is 15.0 Å². The van der Waals surface area contributed by atoms with Crippen molar-refractivity contribution in [1.82, 2.24) is 9.88 Å². The second-order valence-corrected chi connectivity index (χ2v) is 5.55. The molecule has 1 heterocycles. The molecule has 0 fully saturated rings. The average Bonchev–Trinajstić information content (AvgIpc) is 3.00. The largest absolute Gasteiger partial charge is 0.389 e. The highest BCUT2D eigenvalue weighted by molar-refractivity contribution is 5.86. The van der Waals surface area contributed by atoms with Crippen molar-refractivity contribution in [2.75, 3.05) is 13.6 Å². The fraction of sp³-hybridized carbons (Fsp3) is 0.211. The summed E-state index contributed by atoms with van der Waals surface area (Å²) in [5.74, 6) is 0. The normalized spacial score (nSPS) is 13.6. The Morgan fingerprint density at radius 2 is 1.91 bits per heavy atom. The third kappa shape index (κ3) is 2.85. The Hall–Kier alpha value is -2.61. The van der Waals surface area contributed by atoms with E-state index < -0.39 is 6.10 Å². The van der Waals surface area contributed by atoms with Crippen LogP contribution in [0.1, 0.15) is 17.2 Å². The zero-order chi connectivity index (χ0) is 16.2. The predicted octanol–water partition coefficient (Wildman–Crippen LogP) is 2.68. The van der Waals surface area contributed by atoms with Crippen LogP contribution in [0.25, 0.3) is 10.9 Å². The molecule has 4 nitrogen and oxygen atoms in total. The maximum Gasteiger partial charge on any atom is 0.0998 e. The fourth-order valence-electron chi connectivity index (χ4n) is 3.07. The van der Waals surface area contributed by atoms with E-state index in [-0.39, 0.29) is 6.04 Å². The van der Waals surface area contributed by atoms with Crippen LogP contribution in [-0.4, -0.2) is 29.4 Å². The fourth-order valence-corrected chi connectivity index (χ4v) is 3.07. The van der Waals surface area contributed by atoms with Crippen molar-refractivity contribution < 1.29 is 5.11 Å². The smallest absolute Gasteiger partial charge is 0.0998 e. The number of nitrogens with one attached hydrogen (secondary N) is 1. The molecule has 116 valence electrons. The van der Waals surface area contributed by atoms with Crippen LogP contribution in [-0.2, 0) is 0 Å². The Bertz CT molecular complexity index is 833. The molecule has 2 atom stereocenters. The summed E-state index contributed by atoms with van der Waals surface area (Å²) in [7, 11) is 1.83. The zero-order valence-electron chi connectivity index (χ0n) is 13.0. The molecule has 0 aliphatic carbocycles. The summed E-state index contributed by atoms with van der Waals surface area (Å²) in [6.45, 7) is 0.483. The van der Waals surface area contributed by atoms with Crippen molar-refractivity contribution in [3.63, 3.8) is 0 Å². The molecule has 4 heteroatoms. The van der Waals surface area contributed by atoms with E-state index in [1.54, 1.807) is 0 Å². The highest BCUT2D eigenvalue weighted by Gasteiger charge is 2.23. The molecule has 0 aliphatic heterocycles. The highest BCUT2D eigenvalue weighted by Crippen LogP contribution is 2.29. The zero-order valence-corrected chi connectivity index (χ0v) is 13.0. The van der Waals surface area contributed by atoms with Crippen molar-refractivity contribution in [3.8, 4) is 6.07 Å². The molecular weight excluding hydrogens is 286 g/mol. The summed E-state index contributed by atoms with van der Waals surface area (Å²) in [6, 6.07) is 19.6. The van der Waals surface area contributed by atoms with Crippen LogP contribution in [0.5, 0.6) is 0 Å². The third-order valence-corrected chi connectivity index (χ3v) is 4.10. The average molecular weight is 305 g/mol. The van der Waals surface area contributed by atoms with Gasteiger partial charge in [-0.05, 0) is 30.8 Å². The summed E-state index contributed by atoms with van der Waals surface area (Å²) >= 11 is 0. The number of hydrogen-bond donors (Lipinski definition) is 2. The van der Waals surface area contributed by atoms with E-state index in [1.165, 1.54) is 0 Å².